The molecule has 28 heavy (non-hydrogen) atoms. The summed E-state index contributed by atoms with van der Waals surface area (Å²) in [5.41, 5.74) is 1.10. The van der Waals surface area contributed by atoms with E-state index >= 15 is 0 Å². The highest BCUT2D eigenvalue weighted by atomic mass is 16.3. The average molecular weight is 385 g/mol. The van der Waals surface area contributed by atoms with Gasteiger partial charge in [0.1, 0.15) is 0 Å². The Morgan fingerprint density at radius 1 is 0.893 bits per heavy atom. The molecule has 1 N–H and O–H groups in total. The van der Waals surface area contributed by atoms with E-state index in [9.17, 15) is 5.11 Å². The maximum atomic E-state index is 10.2. The quantitative estimate of drug-likeness (QED) is 0.527. The second-order valence-corrected chi connectivity index (χ2v) is 12.4. The van der Waals surface area contributed by atoms with Crippen molar-refractivity contribution in [3.63, 3.8) is 0 Å². The molecule has 0 radical (unpaired) electrons. The van der Waals surface area contributed by atoms with Gasteiger partial charge in [-0.15, -0.1) is 0 Å². The van der Waals surface area contributed by atoms with E-state index in [1.165, 1.54) is 51.4 Å². The van der Waals surface area contributed by atoms with Gasteiger partial charge in [0.2, 0.25) is 0 Å². The normalized spacial score (nSPS) is 56.8. The van der Waals surface area contributed by atoms with Crippen molar-refractivity contribution in [2.75, 3.05) is 0 Å². The molecular formula is C27H44O. The van der Waals surface area contributed by atoms with Crippen molar-refractivity contribution in [2.24, 2.45) is 58.2 Å². The van der Waals surface area contributed by atoms with Crippen LogP contribution in [0.3, 0.4) is 0 Å². The van der Waals surface area contributed by atoms with Crippen molar-refractivity contribution in [1.29, 1.82) is 0 Å². The number of allylic oxidation sites excluding steroid dienone is 2. The smallest absolute Gasteiger partial charge is 0.0543 e. The molecule has 0 heterocycles. The molecule has 158 valence electrons. The van der Waals surface area contributed by atoms with Crippen LogP contribution in [-0.2, 0) is 0 Å². The third-order valence-corrected chi connectivity index (χ3v) is 11.2. The van der Waals surface area contributed by atoms with Gasteiger partial charge < -0.3 is 5.11 Å². The first-order valence-corrected chi connectivity index (χ1v) is 12.7. The molecule has 1 nitrogen and oxygen atoms in total. The summed E-state index contributed by atoms with van der Waals surface area (Å²) in [6, 6.07) is 0. The summed E-state index contributed by atoms with van der Waals surface area (Å²) >= 11 is 0. The van der Waals surface area contributed by atoms with Gasteiger partial charge in [0, 0.05) is 0 Å². The molecule has 0 saturated heterocycles. The Morgan fingerprint density at radius 3 is 2.36 bits per heavy atom. The van der Waals surface area contributed by atoms with Gasteiger partial charge in [-0.25, -0.2) is 0 Å². The minimum atomic E-state index is -0.0128. The highest BCUT2D eigenvalue weighted by Gasteiger charge is 2.60. The van der Waals surface area contributed by atoms with Crippen LogP contribution < -0.4 is 0 Å². The number of aliphatic hydroxyl groups is 1. The van der Waals surface area contributed by atoms with Crippen molar-refractivity contribution in [2.45, 2.75) is 98.0 Å². The molecule has 0 aliphatic heterocycles. The fraction of sp³-hybridized carbons (Fsp3) is 0.926. The molecule has 0 amide bonds. The Kier molecular flexibility index (Phi) is 4.81. The Hall–Kier alpha value is -0.300. The molecule has 0 aromatic heterocycles. The highest BCUT2D eigenvalue weighted by molar-refractivity contribution is 5.12. The molecule has 0 aromatic rings. The Bertz CT molecular complexity index is 624. The van der Waals surface area contributed by atoms with Crippen LogP contribution >= 0.6 is 0 Å². The van der Waals surface area contributed by atoms with Crippen molar-refractivity contribution in [3.8, 4) is 0 Å². The summed E-state index contributed by atoms with van der Waals surface area (Å²) in [6.45, 7) is 10.2. The first-order valence-electron chi connectivity index (χ1n) is 12.7. The number of hydrogen-bond donors (Lipinski definition) is 1. The predicted molar refractivity (Wildman–Crippen MR) is 117 cm³/mol. The topological polar surface area (TPSA) is 20.2 Å². The lowest BCUT2D eigenvalue weighted by atomic mass is 9.44. The van der Waals surface area contributed by atoms with E-state index < -0.39 is 0 Å². The van der Waals surface area contributed by atoms with Crippen molar-refractivity contribution in [3.05, 3.63) is 12.2 Å². The van der Waals surface area contributed by atoms with Gasteiger partial charge in [-0.2, -0.15) is 0 Å². The molecule has 5 saturated carbocycles. The first kappa shape index (κ1) is 19.7. The van der Waals surface area contributed by atoms with Crippen LogP contribution in [0, 0.1) is 58.2 Å². The van der Waals surface area contributed by atoms with Crippen LogP contribution in [0.15, 0.2) is 12.2 Å². The number of rotatable bonds is 3. The molecule has 0 aromatic carbocycles. The SMILES string of the molecule is CC(C=CC1CC1C)C1CCC2C3CCC4CC(O)CCC4(C)C3CCC12C. The third-order valence-electron chi connectivity index (χ3n) is 11.2. The van der Waals surface area contributed by atoms with Gasteiger partial charge in [0.25, 0.3) is 0 Å². The Balaban J connectivity index is 1.33. The zero-order valence-electron chi connectivity index (χ0n) is 18.9. The van der Waals surface area contributed by atoms with Crippen molar-refractivity contribution in [1.82, 2.24) is 0 Å². The number of hydrogen-bond acceptors (Lipinski definition) is 1. The molecule has 5 aliphatic rings. The van der Waals surface area contributed by atoms with E-state index in [-0.39, 0.29) is 6.10 Å². The second kappa shape index (κ2) is 6.86. The number of aliphatic hydroxyl groups excluding tert-OH is 1. The average Bonchev–Trinajstić information content (AvgIpc) is 3.25. The highest BCUT2D eigenvalue weighted by Crippen LogP contribution is 2.68. The zero-order valence-corrected chi connectivity index (χ0v) is 18.9. The van der Waals surface area contributed by atoms with Crippen LogP contribution in [-0.4, -0.2) is 11.2 Å². The summed E-state index contributed by atoms with van der Waals surface area (Å²) < 4.78 is 0. The predicted octanol–water partition coefficient (Wildman–Crippen LogP) is 6.85. The maximum Gasteiger partial charge on any atom is 0.0543 e. The van der Waals surface area contributed by atoms with Crippen molar-refractivity contribution < 1.29 is 5.11 Å². The lowest BCUT2D eigenvalue weighted by Gasteiger charge is -2.61. The van der Waals surface area contributed by atoms with Gasteiger partial charge >= 0.3 is 0 Å². The molecular weight excluding hydrogens is 340 g/mol. The van der Waals surface area contributed by atoms with Crippen LogP contribution in [0.4, 0.5) is 0 Å². The van der Waals surface area contributed by atoms with Gasteiger partial charge in [0.05, 0.1) is 6.10 Å². The monoisotopic (exact) mass is 384 g/mol. The van der Waals surface area contributed by atoms with E-state index in [1.807, 2.05) is 0 Å². The van der Waals surface area contributed by atoms with Crippen LogP contribution in [0.2, 0.25) is 0 Å². The summed E-state index contributed by atoms with van der Waals surface area (Å²) in [5.74, 6) is 7.17. The molecule has 5 aliphatic carbocycles. The van der Waals surface area contributed by atoms with E-state index in [0.717, 1.165) is 60.2 Å². The molecule has 0 spiro atoms. The fourth-order valence-electron chi connectivity index (χ4n) is 9.21. The zero-order chi connectivity index (χ0) is 19.7. The molecule has 5 rings (SSSR count). The summed E-state index contributed by atoms with van der Waals surface area (Å²) in [7, 11) is 0. The van der Waals surface area contributed by atoms with E-state index in [4.69, 9.17) is 0 Å². The Labute approximate surface area is 173 Å². The molecule has 0 bridgehead atoms. The molecule has 5 fully saturated rings. The summed E-state index contributed by atoms with van der Waals surface area (Å²) in [4.78, 5) is 0. The molecule has 11 unspecified atom stereocenters. The van der Waals surface area contributed by atoms with Gasteiger partial charge in [-0.05, 0) is 122 Å². The first-order chi connectivity index (χ1) is 13.3. The largest absolute Gasteiger partial charge is 0.393 e. The Morgan fingerprint density at radius 2 is 1.61 bits per heavy atom. The van der Waals surface area contributed by atoms with E-state index in [0.29, 0.717) is 10.8 Å². The van der Waals surface area contributed by atoms with Gasteiger partial charge in [-0.3, -0.25) is 0 Å². The summed E-state index contributed by atoms with van der Waals surface area (Å²) in [5, 5.41) is 10.2. The molecule has 11 atom stereocenters. The maximum absolute atomic E-state index is 10.2. The third kappa shape index (κ3) is 2.97. The van der Waals surface area contributed by atoms with Crippen LogP contribution in [0.1, 0.15) is 91.9 Å². The van der Waals surface area contributed by atoms with Gasteiger partial charge in [-0.1, -0.05) is 39.8 Å². The minimum Gasteiger partial charge on any atom is -0.393 e. The summed E-state index contributed by atoms with van der Waals surface area (Å²) in [6.07, 6.45) is 18.7. The fourth-order valence-corrected chi connectivity index (χ4v) is 9.21. The van der Waals surface area contributed by atoms with Crippen LogP contribution in [0.25, 0.3) is 0 Å². The van der Waals surface area contributed by atoms with E-state index in [2.05, 4.69) is 39.8 Å². The van der Waals surface area contributed by atoms with Gasteiger partial charge in [0.15, 0.2) is 0 Å². The van der Waals surface area contributed by atoms with Crippen LogP contribution in [0.5, 0.6) is 0 Å². The van der Waals surface area contributed by atoms with Crippen molar-refractivity contribution >= 4 is 0 Å². The molecule has 1 heteroatoms. The van der Waals surface area contributed by atoms with E-state index in [1.54, 1.807) is 0 Å². The second-order valence-electron chi connectivity index (χ2n) is 12.4. The standard InChI is InChI=1S/C27H44O/c1-17(5-6-19-15-18(19)2)23-9-10-24-22-8-7-20-16-21(28)11-13-26(20,3)25(22)12-14-27(23,24)4/h5-6,17-25,28H,7-16H2,1-4H3. The minimum absolute atomic E-state index is 0.0128. The lowest BCUT2D eigenvalue weighted by Crippen LogP contribution is -2.54. The lowest BCUT2D eigenvalue weighted by molar-refractivity contribution is -0.128. The number of fused-ring (bicyclic) bond motifs is 5.